The topological polar surface area (TPSA) is 34.1 Å². The van der Waals surface area contributed by atoms with Crippen molar-refractivity contribution in [3.8, 4) is 11.1 Å². The van der Waals surface area contributed by atoms with Crippen LogP contribution in [0.2, 0.25) is 0 Å². The van der Waals surface area contributed by atoms with E-state index in [0.717, 1.165) is 11.1 Å². The molecule has 0 aliphatic heterocycles. The standard InChI is InChI=1S/C13H10ClFO2S/c1-9-7-12(18(14,16)17)5-6-13(9)10-3-2-4-11(15)8-10/h2-8H,1H3. The predicted molar refractivity (Wildman–Crippen MR) is 69.6 cm³/mol. The monoisotopic (exact) mass is 284 g/mol. The van der Waals surface area contributed by atoms with Crippen LogP contribution in [0, 0.1) is 12.7 Å². The molecule has 2 aromatic carbocycles. The minimum atomic E-state index is -3.73. The first-order valence-electron chi connectivity index (χ1n) is 5.19. The fourth-order valence-electron chi connectivity index (χ4n) is 1.77. The van der Waals surface area contributed by atoms with E-state index in [0.29, 0.717) is 5.56 Å². The van der Waals surface area contributed by atoms with Crippen LogP contribution in [-0.4, -0.2) is 8.42 Å². The molecular weight excluding hydrogens is 275 g/mol. The van der Waals surface area contributed by atoms with Crippen LogP contribution in [0.5, 0.6) is 0 Å². The molecule has 2 nitrogen and oxygen atoms in total. The first-order chi connectivity index (χ1) is 8.38. The third-order valence-corrected chi connectivity index (χ3v) is 3.97. The molecule has 0 atom stereocenters. The van der Waals surface area contributed by atoms with E-state index in [1.54, 1.807) is 25.1 Å². The summed E-state index contributed by atoms with van der Waals surface area (Å²) in [6, 6.07) is 10.6. The Kier molecular flexibility index (Phi) is 3.41. The molecule has 0 saturated heterocycles. The van der Waals surface area contributed by atoms with Crippen molar-refractivity contribution < 1.29 is 12.8 Å². The number of hydrogen-bond acceptors (Lipinski definition) is 2. The van der Waals surface area contributed by atoms with Crippen molar-refractivity contribution in [1.82, 2.24) is 0 Å². The second kappa shape index (κ2) is 4.71. The lowest BCUT2D eigenvalue weighted by atomic mass is 10.0. The van der Waals surface area contributed by atoms with E-state index < -0.39 is 9.05 Å². The van der Waals surface area contributed by atoms with E-state index in [1.807, 2.05) is 0 Å². The van der Waals surface area contributed by atoms with Gasteiger partial charge in [0.1, 0.15) is 5.82 Å². The van der Waals surface area contributed by atoms with Gasteiger partial charge in [0.25, 0.3) is 9.05 Å². The number of hydrogen-bond donors (Lipinski definition) is 0. The zero-order valence-corrected chi connectivity index (χ0v) is 11.1. The molecule has 0 radical (unpaired) electrons. The van der Waals surface area contributed by atoms with E-state index in [1.165, 1.54) is 24.3 Å². The highest BCUT2D eigenvalue weighted by Crippen LogP contribution is 2.27. The van der Waals surface area contributed by atoms with E-state index in [2.05, 4.69) is 0 Å². The Morgan fingerprint density at radius 1 is 1.11 bits per heavy atom. The predicted octanol–water partition coefficient (Wildman–Crippen LogP) is 3.73. The summed E-state index contributed by atoms with van der Waals surface area (Å²) in [5.41, 5.74) is 2.20. The fraction of sp³-hybridized carbons (Fsp3) is 0.0769. The van der Waals surface area contributed by atoms with Crippen molar-refractivity contribution in [2.24, 2.45) is 0 Å². The highest BCUT2D eigenvalue weighted by molar-refractivity contribution is 8.13. The lowest BCUT2D eigenvalue weighted by Crippen LogP contribution is -1.93. The van der Waals surface area contributed by atoms with Gasteiger partial charge in [0.05, 0.1) is 4.90 Å². The van der Waals surface area contributed by atoms with Gasteiger partial charge < -0.3 is 0 Å². The summed E-state index contributed by atoms with van der Waals surface area (Å²) in [6.45, 7) is 1.76. The minimum Gasteiger partial charge on any atom is -0.207 e. The summed E-state index contributed by atoms with van der Waals surface area (Å²) in [5, 5.41) is 0. The van der Waals surface area contributed by atoms with Crippen LogP contribution in [-0.2, 0) is 9.05 Å². The molecule has 0 saturated carbocycles. The SMILES string of the molecule is Cc1cc(S(=O)(=O)Cl)ccc1-c1cccc(F)c1. The number of aryl methyl sites for hydroxylation is 1. The highest BCUT2D eigenvalue weighted by atomic mass is 35.7. The molecule has 0 unspecified atom stereocenters. The van der Waals surface area contributed by atoms with Crippen molar-refractivity contribution in [1.29, 1.82) is 0 Å². The Morgan fingerprint density at radius 2 is 1.83 bits per heavy atom. The normalized spacial score (nSPS) is 11.5. The molecule has 5 heteroatoms. The van der Waals surface area contributed by atoms with Crippen LogP contribution in [0.3, 0.4) is 0 Å². The largest absolute Gasteiger partial charge is 0.261 e. The van der Waals surface area contributed by atoms with Gasteiger partial charge in [-0.2, -0.15) is 0 Å². The van der Waals surface area contributed by atoms with Crippen LogP contribution in [0.1, 0.15) is 5.56 Å². The van der Waals surface area contributed by atoms with E-state index in [9.17, 15) is 12.8 Å². The van der Waals surface area contributed by atoms with Gasteiger partial charge in [-0.3, -0.25) is 0 Å². The average molecular weight is 285 g/mol. The van der Waals surface area contributed by atoms with Gasteiger partial charge >= 0.3 is 0 Å². The second-order valence-corrected chi connectivity index (χ2v) is 6.49. The van der Waals surface area contributed by atoms with Crippen molar-refractivity contribution in [3.63, 3.8) is 0 Å². The average Bonchev–Trinajstić information content (AvgIpc) is 2.27. The maximum absolute atomic E-state index is 13.1. The van der Waals surface area contributed by atoms with Gasteiger partial charge in [-0.05, 0) is 47.9 Å². The van der Waals surface area contributed by atoms with Crippen molar-refractivity contribution in [2.45, 2.75) is 11.8 Å². The summed E-state index contributed by atoms with van der Waals surface area (Å²) in [7, 11) is 1.53. The Labute approximate surface area is 109 Å². The quantitative estimate of drug-likeness (QED) is 0.788. The number of rotatable bonds is 2. The Hall–Kier alpha value is -1.39. The molecule has 18 heavy (non-hydrogen) atoms. The molecule has 0 spiro atoms. The van der Waals surface area contributed by atoms with E-state index in [4.69, 9.17) is 10.7 Å². The van der Waals surface area contributed by atoms with E-state index in [-0.39, 0.29) is 10.7 Å². The molecule has 0 fully saturated rings. The van der Waals surface area contributed by atoms with Gasteiger partial charge in [-0.15, -0.1) is 0 Å². The van der Waals surface area contributed by atoms with Crippen molar-refractivity contribution in [2.75, 3.05) is 0 Å². The van der Waals surface area contributed by atoms with Gasteiger partial charge in [0.15, 0.2) is 0 Å². The molecule has 0 aliphatic rings. The molecule has 0 N–H and O–H groups in total. The van der Waals surface area contributed by atoms with Crippen molar-refractivity contribution >= 4 is 19.7 Å². The first-order valence-corrected chi connectivity index (χ1v) is 7.50. The van der Waals surface area contributed by atoms with Crippen LogP contribution in [0.25, 0.3) is 11.1 Å². The summed E-state index contributed by atoms with van der Waals surface area (Å²) < 4.78 is 35.5. The number of benzene rings is 2. The second-order valence-electron chi connectivity index (χ2n) is 3.92. The molecular formula is C13H10ClFO2S. The summed E-state index contributed by atoms with van der Waals surface area (Å²) in [6.07, 6.45) is 0. The third kappa shape index (κ3) is 2.71. The maximum Gasteiger partial charge on any atom is 0.261 e. The smallest absolute Gasteiger partial charge is 0.207 e. The Bertz CT molecular complexity index is 696. The van der Waals surface area contributed by atoms with Crippen molar-refractivity contribution in [3.05, 3.63) is 53.8 Å². The van der Waals surface area contributed by atoms with Gasteiger partial charge in [0, 0.05) is 10.7 Å². The molecule has 94 valence electrons. The highest BCUT2D eigenvalue weighted by Gasteiger charge is 2.12. The first kappa shape index (κ1) is 13.1. The lowest BCUT2D eigenvalue weighted by Gasteiger charge is -2.07. The molecule has 0 amide bonds. The Morgan fingerprint density at radius 3 is 2.39 bits per heavy atom. The van der Waals surface area contributed by atoms with Gasteiger partial charge in [-0.1, -0.05) is 18.2 Å². The van der Waals surface area contributed by atoms with Crippen LogP contribution < -0.4 is 0 Å². The molecule has 0 bridgehead atoms. The van der Waals surface area contributed by atoms with Gasteiger partial charge in [-0.25, -0.2) is 12.8 Å². The lowest BCUT2D eigenvalue weighted by molar-refractivity contribution is 0.609. The van der Waals surface area contributed by atoms with Crippen LogP contribution >= 0.6 is 10.7 Å². The fourth-order valence-corrected chi connectivity index (χ4v) is 2.60. The molecule has 2 rings (SSSR count). The molecule has 0 heterocycles. The van der Waals surface area contributed by atoms with E-state index >= 15 is 0 Å². The summed E-state index contributed by atoms with van der Waals surface area (Å²) in [5.74, 6) is -0.332. The summed E-state index contributed by atoms with van der Waals surface area (Å²) >= 11 is 0. The van der Waals surface area contributed by atoms with Gasteiger partial charge in [0.2, 0.25) is 0 Å². The zero-order valence-electron chi connectivity index (χ0n) is 9.52. The molecule has 0 aliphatic carbocycles. The molecule has 0 aromatic heterocycles. The maximum atomic E-state index is 13.1. The zero-order chi connectivity index (χ0) is 13.3. The number of halogens is 2. The van der Waals surface area contributed by atoms with Crippen LogP contribution in [0.15, 0.2) is 47.4 Å². The Balaban J connectivity index is 2.55. The third-order valence-electron chi connectivity index (χ3n) is 2.62. The van der Waals surface area contributed by atoms with Crippen LogP contribution in [0.4, 0.5) is 4.39 Å². The minimum absolute atomic E-state index is 0.0434. The summed E-state index contributed by atoms with van der Waals surface area (Å²) in [4.78, 5) is 0.0434. The molecule has 2 aromatic rings.